The first-order valence-electron chi connectivity index (χ1n) is 5.60. The molecule has 0 saturated heterocycles. The van der Waals surface area contributed by atoms with Crippen LogP contribution in [0.1, 0.15) is 13.3 Å². The zero-order chi connectivity index (χ0) is 15.9. The summed E-state index contributed by atoms with van der Waals surface area (Å²) in [6.07, 6.45) is -1.00. The Hall–Kier alpha value is -1.87. The van der Waals surface area contributed by atoms with E-state index in [1.54, 1.807) is 6.92 Å². The Morgan fingerprint density at radius 1 is 1.20 bits per heavy atom. The van der Waals surface area contributed by atoms with Gasteiger partial charge in [-0.15, -0.1) is 0 Å². The second kappa shape index (κ2) is 7.65. The van der Waals surface area contributed by atoms with Crippen molar-refractivity contribution in [3.8, 4) is 0 Å². The first kappa shape index (κ1) is 18.1. The average molecular weight is 306 g/mol. The minimum Gasteiger partial charge on any atom is -0.481 e. The van der Waals surface area contributed by atoms with Gasteiger partial charge in [-0.25, -0.2) is 0 Å². The second-order valence-corrected chi connectivity index (χ2v) is 5.68. The van der Waals surface area contributed by atoms with Crippen molar-refractivity contribution in [1.82, 2.24) is 10.6 Å². The third-order valence-corrected chi connectivity index (χ3v) is 3.39. The number of allylic oxidation sites excluding steroid dienone is 1. The van der Waals surface area contributed by atoms with Crippen LogP contribution in [0.4, 0.5) is 0 Å². The Kier molecular flexibility index (Phi) is 6.94. The van der Waals surface area contributed by atoms with Gasteiger partial charge in [0, 0.05) is 18.8 Å². The van der Waals surface area contributed by atoms with E-state index in [1.807, 2.05) is 0 Å². The summed E-state index contributed by atoms with van der Waals surface area (Å²) in [6.45, 7) is 9.31. The Labute approximate surface area is 117 Å². The van der Waals surface area contributed by atoms with E-state index >= 15 is 0 Å². The molecule has 0 aliphatic rings. The number of amides is 1. The molecule has 114 valence electrons. The van der Waals surface area contributed by atoms with Crippen LogP contribution in [0.15, 0.2) is 24.4 Å². The van der Waals surface area contributed by atoms with Gasteiger partial charge in [0.15, 0.2) is 5.25 Å². The van der Waals surface area contributed by atoms with Crippen molar-refractivity contribution in [3.05, 3.63) is 24.4 Å². The summed E-state index contributed by atoms with van der Waals surface area (Å²) >= 11 is 0. The van der Waals surface area contributed by atoms with Gasteiger partial charge >= 0.3 is 5.97 Å². The zero-order valence-corrected chi connectivity index (χ0v) is 11.9. The number of carboxylic acids is 1. The fourth-order valence-corrected chi connectivity index (χ4v) is 1.86. The van der Waals surface area contributed by atoms with E-state index in [1.165, 1.54) is 0 Å². The van der Waals surface area contributed by atoms with Crippen LogP contribution in [0, 0.1) is 0 Å². The number of carbonyl (C=O) groups is 2. The van der Waals surface area contributed by atoms with Gasteiger partial charge < -0.3 is 15.7 Å². The van der Waals surface area contributed by atoms with Crippen molar-refractivity contribution in [1.29, 1.82) is 0 Å². The highest BCUT2D eigenvalue weighted by Crippen LogP contribution is 2.04. The second-order valence-electron chi connectivity index (χ2n) is 4.08. The molecule has 1 atom stereocenters. The predicted molar refractivity (Wildman–Crippen MR) is 72.6 cm³/mol. The number of hydrogen-bond donors (Lipinski definition) is 4. The highest BCUT2D eigenvalue weighted by molar-refractivity contribution is 7.87. The lowest BCUT2D eigenvalue weighted by Crippen LogP contribution is -2.43. The summed E-state index contributed by atoms with van der Waals surface area (Å²) < 4.78 is 30.7. The van der Waals surface area contributed by atoms with Crippen LogP contribution >= 0.6 is 0 Å². The standard InChI is InChI=1S/C11H18N2O6S/c1-7(2)8(3)12-4-5-13-11(16)9(6-10(14)15)20(17,18)19/h9,12H,1,3-6H2,2H3,(H,13,16)(H,14,15)(H,17,18,19). The SMILES string of the molecule is C=C(C)C(=C)NCCNC(=O)C(CC(=O)O)S(=O)(=O)O. The number of rotatable bonds is 9. The first-order valence-corrected chi connectivity index (χ1v) is 7.10. The van der Waals surface area contributed by atoms with Crippen molar-refractivity contribution < 1.29 is 27.7 Å². The lowest BCUT2D eigenvalue weighted by molar-refractivity contribution is -0.138. The van der Waals surface area contributed by atoms with Gasteiger partial charge in [-0.05, 0) is 12.5 Å². The topological polar surface area (TPSA) is 133 Å². The van der Waals surface area contributed by atoms with E-state index in [9.17, 15) is 18.0 Å². The fraction of sp³-hybridized carbons (Fsp3) is 0.455. The Bertz CT molecular complexity index is 511. The summed E-state index contributed by atoms with van der Waals surface area (Å²) in [7, 11) is -4.77. The van der Waals surface area contributed by atoms with Gasteiger partial charge in [-0.2, -0.15) is 8.42 Å². The van der Waals surface area contributed by atoms with Gasteiger partial charge in [0.2, 0.25) is 5.91 Å². The third-order valence-electron chi connectivity index (χ3n) is 2.29. The first-order chi connectivity index (χ1) is 9.05. The maximum Gasteiger partial charge on any atom is 0.305 e. The molecule has 0 aliphatic carbocycles. The molecule has 1 unspecified atom stereocenters. The van der Waals surface area contributed by atoms with Crippen LogP contribution in [0.3, 0.4) is 0 Å². The van der Waals surface area contributed by atoms with Crippen molar-refractivity contribution >= 4 is 22.0 Å². The lowest BCUT2D eigenvalue weighted by atomic mass is 10.2. The smallest absolute Gasteiger partial charge is 0.305 e. The molecule has 0 spiro atoms. The van der Waals surface area contributed by atoms with Crippen LogP contribution in [0.25, 0.3) is 0 Å². The molecule has 0 aromatic rings. The molecule has 20 heavy (non-hydrogen) atoms. The molecule has 0 radical (unpaired) electrons. The quantitative estimate of drug-likeness (QED) is 0.257. The molecule has 1 amide bonds. The lowest BCUT2D eigenvalue weighted by Gasteiger charge is -2.13. The van der Waals surface area contributed by atoms with E-state index < -0.39 is 33.7 Å². The maximum absolute atomic E-state index is 11.5. The Balaban J connectivity index is 4.39. The van der Waals surface area contributed by atoms with Crippen LogP contribution in [0.2, 0.25) is 0 Å². The minimum atomic E-state index is -4.77. The van der Waals surface area contributed by atoms with Crippen LogP contribution in [0.5, 0.6) is 0 Å². The van der Waals surface area contributed by atoms with Gasteiger partial charge in [-0.3, -0.25) is 14.1 Å². The summed E-state index contributed by atoms with van der Waals surface area (Å²) in [5, 5.41) is 11.5. The van der Waals surface area contributed by atoms with Crippen molar-refractivity contribution in [2.45, 2.75) is 18.6 Å². The van der Waals surface area contributed by atoms with E-state index in [4.69, 9.17) is 9.66 Å². The Morgan fingerprint density at radius 2 is 1.70 bits per heavy atom. The van der Waals surface area contributed by atoms with Crippen LogP contribution in [-0.2, 0) is 19.7 Å². The maximum atomic E-state index is 11.5. The Morgan fingerprint density at radius 3 is 2.10 bits per heavy atom. The molecule has 0 bridgehead atoms. The number of carboxylic acid groups (broad SMARTS) is 1. The molecule has 0 saturated carbocycles. The van der Waals surface area contributed by atoms with E-state index in [-0.39, 0.29) is 13.1 Å². The normalized spacial score (nSPS) is 12.3. The van der Waals surface area contributed by atoms with Gasteiger partial charge in [-0.1, -0.05) is 13.2 Å². The molecular formula is C11H18N2O6S. The monoisotopic (exact) mass is 306 g/mol. The van der Waals surface area contributed by atoms with Crippen molar-refractivity contribution in [3.63, 3.8) is 0 Å². The summed E-state index contributed by atoms with van der Waals surface area (Å²) in [5.74, 6) is -2.57. The highest BCUT2D eigenvalue weighted by atomic mass is 32.2. The minimum absolute atomic E-state index is 0.0385. The van der Waals surface area contributed by atoms with E-state index in [2.05, 4.69) is 23.8 Å². The fourth-order valence-electron chi connectivity index (χ4n) is 1.16. The molecule has 0 rings (SSSR count). The third kappa shape index (κ3) is 6.90. The predicted octanol–water partition coefficient (Wildman–Crippen LogP) is -0.487. The number of hydrogen-bond acceptors (Lipinski definition) is 5. The summed E-state index contributed by atoms with van der Waals surface area (Å²) in [5.41, 5.74) is 1.27. The van der Waals surface area contributed by atoms with Crippen molar-refractivity contribution in [2.24, 2.45) is 0 Å². The zero-order valence-electron chi connectivity index (χ0n) is 11.0. The summed E-state index contributed by atoms with van der Waals surface area (Å²) in [6, 6.07) is 0. The van der Waals surface area contributed by atoms with Gasteiger partial charge in [0.05, 0.1) is 6.42 Å². The average Bonchev–Trinajstić information content (AvgIpc) is 2.29. The van der Waals surface area contributed by atoms with Gasteiger partial charge in [0.25, 0.3) is 10.1 Å². The molecule has 0 fully saturated rings. The van der Waals surface area contributed by atoms with Crippen molar-refractivity contribution in [2.75, 3.05) is 13.1 Å². The molecule has 0 aliphatic heterocycles. The molecule has 0 heterocycles. The molecule has 0 aromatic heterocycles. The molecule has 9 heteroatoms. The van der Waals surface area contributed by atoms with Crippen LogP contribution in [-0.4, -0.2) is 48.3 Å². The van der Waals surface area contributed by atoms with Gasteiger partial charge in [0.1, 0.15) is 0 Å². The summed E-state index contributed by atoms with van der Waals surface area (Å²) in [4.78, 5) is 22.0. The number of carbonyl (C=O) groups excluding carboxylic acids is 1. The molecule has 8 nitrogen and oxygen atoms in total. The molecule has 0 aromatic carbocycles. The highest BCUT2D eigenvalue weighted by Gasteiger charge is 2.33. The molecule has 4 N–H and O–H groups in total. The molecular weight excluding hydrogens is 288 g/mol. The van der Waals surface area contributed by atoms with E-state index in [0.717, 1.165) is 0 Å². The van der Waals surface area contributed by atoms with E-state index in [0.29, 0.717) is 11.3 Å². The number of nitrogens with one attached hydrogen (secondary N) is 2. The van der Waals surface area contributed by atoms with Crippen LogP contribution < -0.4 is 10.6 Å². The largest absolute Gasteiger partial charge is 0.481 e. The number of aliphatic carboxylic acids is 1.